The first-order valence-corrected chi connectivity index (χ1v) is 9.66. The minimum atomic E-state index is -0.801. The Hall–Kier alpha value is -4.33. The van der Waals surface area contributed by atoms with E-state index in [0.29, 0.717) is 11.1 Å². The highest BCUT2D eigenvalue weighted by Crippen LogP contribution is 2.15. The van der Waals surface area contributed by atoms with Gasteiger partial charge in [0.15, 0.2) is 0 Å². The van der Waals surface area contributed by atoms with Gasteiger partial charge in [-0.2, -0.15) is 5.10 Å². The maximum atomic E-state index is 13.6. The van der Waals surface area contributed by atoms with Crippen molar-refractivity contribution in [2.45, 2.75) is 6.92 Å². The highest BCUT2D eigenvalue weighted by Gasteiger charge is 2.13. The van der Waals surface area contributed by atoms with E-state index >= 15 is 0 Å². The Morgan fingerprint density at radius 3 is 2.34 bits per heavy atom. The largest absolute Gasteiger partial charge is 0.423 e. The number of nitrogens with zero attached hydrogens (tertiary/aromatic N) is 1. The summed E-state index contributed by atoms with van der Waals surface area (Å²) in [7, 11) is 0. The van der Waals surface area contributed by atoms with E-state index in [4.69, 9.17) is 4.74 Å². The summed E-state index contributed by atoms with van der Waals surface area (Å²) in [6.07, 6.45) is 1.39. The average molecular weight is 433 g/mol. The predicted octanol–water partition coefficient (Wildman–Crippen LogP) is 3.23. The van der Waals surface area contributed by atoms with Gasteiger partial charge < -0.3 is 10.1 Å². The normalized spacial score (nSPS) is 10.6. The molecule has 0 saturated heterocycles. The molecule has 3 rings (SSSR count). The first-order valence-electron chi connectivity index (χ1n) is 9.66. The van der Waals surface area contributed by atoms with E-state index in [1.807, 2.05) is 19.1 Å². The van der Waals surface area contributed by atoms with E-state index in [0.717, 1.165) is 5.56 Å². The Balaban J connectivity index is 1.45. The van der Waals surface area contributed by atoms with E-state index in [9.17, 15) is 18.8 Å². The van der Waals surface area contributed by atoms with Gasteiger partial charge in [-0.3, -0.25) is 9.59 Å². The second kappa shape index (κ2) is 10.6. The predicted molar refractivity (Wildman–Crippen MR) is 117 cm³/mol. The molecule has 0 aliphatic rings. The third kappa shape index (κ3) is 6.33. The molecular formula is C24H20FN3O4. The van der Waals surface area contributed by atoms with Gasteiger partial charge in [-0.25, -0.2) is 14.6 Å². The minimum absolute atomic E-state index is 0.157. The number of esters is 1. The lowest BCUT2D eigenvalue weighted by atomic mass is 10.1. The van der Waals surface area contributed by atoms with Crippen molar-refractivity contribution in [3.63, 3.8) is 0 Å². The molecule has 32 heavy (non-hydrogen) atoms. The van der Waals surface area contributed by atoms with Crippen LogP contribution in [0.2, 0.25) is 0 Å². The second-order valence-electron chi connectivity index (χ2n) is 6.78. The summed E-state index contributed by atoms with van der Waals surface area (Å²) in [5.41, 5.74) is 4.27. The summed E-state index contributed by atoms with van der Waals surface area (Å²) in [6.45, 7) is 1.69. The number of hydrazone groups is 1. The number of amides is 2. The fraction of sp³-hybridized carbons (Fsp3) is 0.0833. The summed E-state index contributed by atoms with van der Waals surface area (Å²) in [4.78, 5) is 35.8. The summed E-state index contributed by atoms with van der Waals surface area (Å²) >= 11 is 0. The fourth-order valence-corrected chi connectivity index (χ4v) is 2.60. The molecule has 0 aromatic heterocycles. The molecule has 162 valence electrons. The third-order valence-electron chi connectivity index (χ3n) is 4.31. The van der Waals surface area contributed by atoms with Gasteiger partial charge >= 0.3 is 5.97 Å². The van der Waals surface area contributed by atoms with Crippen LogP contribution < -0.4 is 15.5 Å². The van der Waals surface area contributed by atoms with Crippen LogP contribution in [0.5, 0.6) is 5.75 Å². The Bertz CT molecular complexity index is 1140. The fourth-order valence-electron chi connectivity index (χ4n) is 2.60. The number of carbonyl (C=O) groups excluding carboxylic acids is 3. The summed E-state index contributed by atoms with van der Waals surface area (Å²) in [5.74, 6) is -2.07. The molecular weight excluding hydrogens is 413 g/mol. The summed E-state index contributed by atoms with van der Waals surface area (Å²) in [6, 6.07) is 18.8. The van der Waals surface area contributed by atoms with Crippen LogP contribution in [0, 0.1) is 12.7 Å². The Kier molecular flexibility index (Phi) is 7.42. The number of halogens is 1. The van der Waals surface area contributed by atoms with Crippen LogP contribution in [0.4, 0.5) is 4.39 Å². The molecule has 0 bridgehead atoms. The topological polar surface area (TPSA) is 96.9 Å². The molecule has 3 aromatic rings. The van der Waals surface area contributed by atoms with Crippen LogP contribution in [-0.2, 0) is 4.79 Å². The van der Waals surface area contributed by atoms with Crippen molar-refractivity contribution < 1.29 is 23.5 Å². The molecule has 0 aliphatic carbocycles. The number of benzene rings is 3. The summed E-state index contributed by atoms with van der Waals surface area (Å²) in [5, 5.41) is 6.33. The maximum absolute atomic E-state index is 13.6. The van der Waals surface area contributed by atoms with Crippen molar-refractivity contribution in [2.75, 3.05) is 6.54 Å². The number of hydrogen-bond donors (Lipinski definition) is 2. The molecule has 0 aliphatic heterocycles. The van der Waals surface area contributed by atoms with E-state index in [1.165, 1.54) is 36.5 Å². The number of nitrogens with one attached hydrogen (secondary N) is 2. The molecule has 0 unspecified atom stereocenters. The van der Waals surface area contributed by atoms with Gasteiger partial charge in [0.25, 0.3) is 11.8 Å². The van der Waals surface area contributed by atoms with Crippen LogP contribution in [0.25, 0.3) is 0 Å². The molecule has 8 heteroatoms. The molecule has 0 atom stereocenters. The summed E-state index contributed by atoms with van der Waals surface area (Å²) < 4.78 is 18.8. The van der Waals surface area contributed by atoms with E-state index in [2.05, 4.69) is 15.8 Å². The smallest absolute Gasteiger partial charge is 0.346 e. The van der Waals surface area contributed by atoms with Gasteiger partial charge in [-0.15, -0.1) is 0 Å². The Labute approximate surface area is 183 Å². The van der Waals surface area contributed by atoms with Crippen LogP contribution in [0.1, 0.15) is 31.8 Å². The number of hydrogen-bond acceptors (Lipinski definition) is 5. The minimum Gasteiger partial charge on any atom is -0.423 e. The zero-order chi connectivity index (χ0) is 22.9. The first kappa shape index (κ1) is 22.4. The van der Waals surface area contributed by atoms with Crippen LogP contribution in [-0.4, -0.2) is 30.5 Å². The molecule has 2 N–H and O–H groups in total. The SMILES string of the molecule is Cc1ccc(C(=O)NCC(=O)N/N=C\c2ccc(OC(=O)c3ccccc3F)cc2)cc1. The quantitative estimate of drug-likeness (QED) is 0.259. The lowest BCUT2D eigenvalue weighted by Crippen LogP contribution is -2.34. The van der Waals surface area contributed by atoms with Crippen molar-refractivity contribution in [3.05, 3.63) is 101 Å². The first-order chi connectivity index (χ1) is 15.4. The zero-order valence-corrected chi connectivity index (χ0v) is 17.2. The molecule has 0 fully saturated rings. The van der Waals surface area contributed by atoms with E-state index < -0.39 is 17.7 Å². The van der Waals surface area contributed by atoms with Crippen LogP contribution in [0.15, 0.2) is 77.9 Å². The highest BCUT2D eigenvalue weighted by atomic mass is 19.1. The average Bonchev–Trinajstić information content (AvgIpc) is 2.79. The number of rotatable bonds is 7. The number of aryl methyl sites for hydroxylation is 1. The third-order valence-corrected chi connectivity index (χ3v) is 4.31. The molecule has 0 heterocycles. The molecule has 0 saturated carbocycles. The monoisotopic (exact) mass is 433 g/mol. The van der Waals surface area contributed by atoms with Gasteiger partial charge in [0.05, 0.1) is 18.3 Å². The Morgan fingerprint density at radius 2 is 1.66 bits per heavy atom. The molecule has 7 nitrogen and oxygen atoms in total. The van der Waals surface area contributed by atoms with Crippen LogP contribution >= 0.6 is 0 Å². The number of carbonyl (C=O) groups is 3. The van der Waals surface area contributed by atoms with Crippen molar-refractivity contribution in [1.82, 2.24) is 10.7 Å². The standard InChI is InChI=1S/C24H20FN3O4/c1-16-6-10-18(11-7-16)23(30)26-15-22(29)28-27-14-17-8-12-19(13-9-17)32-24(31)20-4-2-3-5-21(20)25/h2-14H,15H2,1H3,(H,26,30)(H,28,29)/b27-14-. The van der Waals surface area contributed by atoms with Gasteiger partial charge in [0.2, 0.25) is 0 Å². The maximum Gasteiger partial charge on any atom is 0.346 e. The molecule has 0 radical (unpaired) electrons. The lowest BCUT2D eigenvalue weighted by Gasteiger charge is -2.05. The van der Waals surface area contributed by atoms with Crippen molar-refractivity contribution >= 4 is 24.0 Å². The van der Waals surface area contributed by atoms with Gasteiger partial charge in [0, 0.05) is 5.56 Å². The second-order valence-corrected chi connectivity index (χ2v) is 6.78. The Morgan fingerprint density at radius 1 is 0.969 bits per heavy atom. The van der Waals surface area contributed by atoms with Crippen molar-refractivity contribution in [1.29, 1.82) is 0 Å². The van der Waals surface area contributed by atoms with E-state index in [1.54, 1.807) is 30.3 Å². The van der Waals surface area contributed by atoms with Gasteiger partial charge in [-0.05, 0) is 61.0 Å². The zero-order valence-electron chi connectivity index (χ0n) is 17.2. The van der Waals surface area contributed by atoms with Crippen molar-refractivity contribution in [3.8, 4) is 5.75 Å². The van der Waals surface area contributed by atoms with E-state index in [-0.39, 0.29) is 23.8 Å². The molecule has 0 spiro atoms. The van der Waals surface area contributed by atoms with Crippen LogP contribution in [0.3, 0.4) is 0 Å². The van der Waals surface area contributed by atoms with Gasteiger partial charge in [-0.1, -0.05) is 29.8 Å². The lowest BCUT2D eigenvalue weighted by molar-refractivity contribution is -0.120. The molecule has 3 aromatic carbocycles. The highest BCUT2D eigenvalue weighted by molar-refractivity contribution is 5.96. The number of ether oxygens (including phenoxy) is 1. The van der Waals surface area contributed by atoms with Crippen molar-refractivity contribution in [2.24, 2.45) is 5.10 Å². The molecule has 2 amide bonds. The van der Waals surface area contributed by atoms with Gasteiger partial charge in [0.1, 0.15) is 11.6 Å².